The van der Waals surface area contributed by atoms with Gasteiger partial charge in [-0.05, 0) is 0 Å². The van der Waals surface area contributed by atoms with E-state index in [1.165, 1.54) is 0 Å². The Morgan fingerprint density at radius 1 is 1.44 bits per heavy atom. The van der Waals surface area contributed by atoms with E-state index in [0.717, 1.165) is 37.8 Å². The second kappa shape index (κ2) is 5.58. The number of terminal acetylenes is 1. The Morgan fingerprint density at radius 3 is 2.75 bits per heavy atom. The van der Waals surface area contributed by atoms with Crippen LogP contribution in [0.15, 0.2) is 0 Å². The predicted octanol–water partition coefficient (Wildman–Crippen LogP) is -0.574. The highest BCUT2D eigenvalue weighted by atomic mass is 32.2. The van der Waals surface area contributed by atoms with Crippen LogP contribution in [-0.4, -0.2) is 66.1 Å². The first-order valence-electron chi connectivity index (χ1n) is 5.57. The van der Waals surface area contributed by atoms with Gasteiger partial charge in [-0.1, -0.05) is 5.92 Å². The highest BCUT2D eigenvalue weighted by Crippen LogP contribution is 2.13. The molecule has 2 aliphatic rings. The van der Waals surface area contributed by atoms with E-state index in [-0.39, 0.29) is 11.9 Å². The van der Waals surface area contributed by atoms with Gasteiger partial charge < -0.3 is 4.90 Å². The smallest absolute Gasteiger partial charge is 0.240 e. The minimum absolute atomic E-state index is 0.0317. The van der Waals surface area contributed by atoms with Gasteiger partial charge in [-0.2, -0.15) is 0 Å². The fourth-order valence-corrected chi connectivity index (χ4v) is 2.96. The van der Waals surface area contributed by atoms with E-state index >= 15 is 0 Å². The number of carbonyl (C=O) groups is 1. The number of piperazine rings is 1. The molecule has 0 aliphatic carbocycles. The third kappa shape index (κ3) is 2.70. The number of nitrogens with one attached hydrogen (secondary N) is 1. The second-order valence-electron chi connectivity index (χ2n) is 4.08. The quantitative estimate of drug-likeness (QED) is 0.655. The van der Waals surface area contributed by atoms with Gasteiger partial charge in [0.2, 0.25) is 5.91 Å². The van der Waals surface area contributed by atoms with Crippen molar-refractivity contribution in [3.63, 3.8) is 0 Å². The number of hydrogen-bond acceptors (Lipinski definition) is 4. The van der Waals surface area contributed by atoms with E-state index in [0.29, 0.717) is 6.54 Å². The predicted molar refractivity (Wildman–Crippen MR) is 66.1 cm³/mol. The largest absolute Gasteiger partial charge is 0.339 e. The van der Waals surface area contributed by atoms with E-state index in [4.69, 9.17) is 6.42 Å². The molecular weight excluding hydrogens is 222 g/mol. The molecule has 0 spiro atoms. The summed E-state index contributed by atoms with van der Waals surface area (Å²) in [5.74, 6) is 4.70. The Hall–Kier alpha value is -0.700. The molecule has 1 amide bonds. The maximum absolute atomic E-state index is 12.1. The number of amides is 1. The molecule has 1 unspecified atom stereocenters. The fraction of sp³-hybridized carbons (Fsp3) is 0.727. The zero-order valence-corrected chi connectivity index (χ0v) is 10.1. The molecule has 2 saturated heterocycles. The van der Waals surface area contributed by atoms with E-state index in [2.05, 4.69) is 16.1 Å². The summed E-state index contributed by atoms with van der Waals surface area (Å²) in [5.41, 5.74) is 0. The van der Waals surface area contributed by atoms with Crippen LogP contribution in [0, 0.1) is 12.3 Å². The highest BCUT2D eigenvalue weighted by molar-refractivity contribution is 7.99. The van der Waals surface area contributed by atoms with Crippen molar-refractivity contribution in [3.8, 4) is 12.3 Å². The third-order valence-electron chi connectivity index (χ3n) is 3.01. The maximum atomic E-state index is 12.1. The number of nitrogens with zero attached hydrogens (tertiary/aromatic N) is 2. The van der Waals surface area contributed by atoms with Gasteiger partial charge in [0.05, 0.1) is 12.6 Å². The van der Waals surface area contributed by atoms with Crippen molar-refractivity contribution < 1.29 is 4.79 Å². The lowest BCUT2D eigenvalue weighted by Gasteiger charge is -2.34. The molecule has 0 radical (unpaired) electrons. The summed E-state index contributed by atoms with van der Waals surface area (Å²) in [4.78, 5) is 16.2. The molecule has 1 atom stereocenters. The van der Waals surface area contributed by atoms with Crippen molar-refractivity contribution in [2.75, 3.05) is 44.4 Å². The van der Waals surface area contributed by atoms with Crippen LogP contribution < -0.4 is 5.32 Å². The minimum Gasteiger partial charge on any atom is -0.339 e. The van der Waals surface area contributed by atoms with Gasteiger partial charge in [-0.15, -0.1) is 18.2 Å². The Morgan fingerprint density at radius 2 is 2.19 bits per heavy atom. The van der Waals surface area contributed by atoms with Gasteiger partial charge in [0, 0.05) is 37.8 Å². The minimum atomic E-state index is 0.0317. The molecule has 0 aromatic carbocycles. The number of thioether (sulfide) groups is 1. The summed E-state index contributed by atoms with van der Waals surface area (Å²) in [6.07, 6.45) is 5.27. The topological polar surface area (TPSA) is 35.6 Å². The zero-order chi connectivity index (χ0) is 11.4. The van der Waals surface area contributed by atoms with Crippen molar-refractivity contribution in [2.24, 2.45) is 0 Å². The molecule has 0 saturated carbocycles. The first kappa shape index (κ1) is 11.8. The molecule has 2 rings (SSSR count). The van der Waals surface area contributed by atoms with Crippen LogP contribution in [0.5, 0.6) is 0 Å². The van der Waals surface area contributed by atoms with Crippen molar-refractivity contribution in [3.05, 3.63) is 0 Å². The van der Waals surface area contributed by atoms with Crippen molar-refractivity contribution in [1.82, 2.24) is 15.1 Å². The standard InChI is InChI=1S/C11H17N3OS/c1-2-3-13-4-6-14(7-5-13)11(15)10-8-16-9-12-10/h1,10,12H,3-9H2. The highest BCUT2D eigenvalue weighted by Gasteiger charge is 2.29. The fourth-order valence-electron chi connectivity index (χ4n) is 2.03. The molecule has 88 valence electrons. The molecule has 4 nitrogen and oxygen atoms in total. The van der Waals surface area contributed by atoms with Crippen LogP contribution in [0.4, 0.5) is 0 Å². The molecule has 16 heavy (non-hydrogen) atoms. The van der Waals surface area contributed by atoms with E-state index in [9.17, 15) is 4.79 Å². The summed E-state index contributed by atoms with van der Waals surface area (Å²) >= 11 is 1.79. The van der Waals surface area contributed by atoms with Crippen molar-refractivity contribution in [2.45, 2.75) is 6.04 Å². The SMILES string of the molecule is C#CCN1CCN(C(=O)C2CSCN2)CC1. The van der Waals surface area contributed by atoms with Crippen LogP contribution in [0.25, 0.3) is 0 Å². The first-order valence-corrected chi connectivity index (χ1v) is 6.72. The van der Waals surface area contributed by atoms with Crippen molar-refractivity contribution in [1.29, 1.82) is 0 Å². The van der Waals surface area contributed by atoms with E-state index in [1.54, 1.807) is 11.8 Å². The molecule has 0 bridgehead atoms. The van der Waals surface area contributed by atoms with Crippen LogP contribution in [-0.2, 0) is 4.79 Å². The normalized spacial score (nSPS) is 26.7. The van der Waals surface area contributed by atoms with Crippen LogP contribution >= 0.6 is 11.8 Å². The summed E-state index contributed by atoms with van der Waals surface area (Å²) in [7, 11) is 0. The monoisotopic (exact) mass is 239 g/mol. The summed E-state index contributed by atoms with van der Waals surface area (Å²) in [5, 5.41) is 3.22. The van der Waals surface area contributed by atoms with Crippen LogP contribution in [0.3, 0.4) is 0 Å². The Labute approximate surface area is 101 Å². The zero-order valence-electron chi connectivity index (χ0n) is 9.32. The number of rotatable bonds is 2. The van der Waals surface area contributed by atoms with Gasteiger partial charge in [-0.25, -0.2) is 0 Å². The lowest BCUT2D eigenvalue weighted by molar-refractivity contribution is -0.134. The lowest BCUT2D eigenvalue weighted by atomic mass is 10.2. The van der Waals surface area contributed by atoms with Gasteiger partial charge in [0.1, 0.15) is 0 Å². The Kier molecular flexibility index (Phi) is 4.10. The van der Waals surface area contributed by atoms with E-state index < -0.39 is 0 Å². The van der Waals surface area contributed by atoms with Gasteiger partial charge >= 0.3 is 0 Å². The van der Waals surface area contributed by atoms with Crippen molar-refractivity contribution >= 4 is 17.7 Å². The molecule has 1 N–H and O–H groups in total. The van der Waals surface area contributed by atoms with Crippen LogP contribution in [0.1, 0.15) is 0 Å². The summed E-state index contributed by atoms with van der Waals surface area (Å²) in [6, 6.07) is 0.0317. The molecule has 2 heterocycles. The first-order chi connectivity index (χ1) is 7.81. The molecular formula is C11H17N3OS. The average Bonchev–Trinajstić information content (AvgIpc) is 2.83. The Bertz CT molecular complexity index is 288. The van der Waals surface area contributed by atoms with Gasteiger partial charge in [0.15, 0.2) is 0 Å². The maximum Gasteiger partial charge on any atom is 0.240 e. The Balaban J connectivity index is 1.80. The third-order valence-corrected chi connectivity index (χ3v) is 3.95. The molecule has 0 aromatic rings. The molecule has 0 aromatic heterocycles. The molecule has 2 fully saturated rings. The molecule has 5 heteroatoms. The summed E-state index contributed by atoms with van der Waals surface area (Å²) < 4.78 is 0. The molecule has 2 aliphatic heterocycles. The van der Waals surface area contributed by atoms with E-state index in [1.807, 2.05) is 4.90 Å². The summed E-state index contributed by atoms with van der Waals surface area (Å²) in [6.45, 7) is 4.11. The van der Waals surface area contributed by atoms with Gasteiger partial charge in [0.25, 0.3) is 0 Å². The number of hydrogen-bond donors (Lipinski definition) is 1. The van der Waals surface area contributed by atoms with Crippen LogP contribution in [0.2, 0.25) is 0 Å². The second-order valence-corrected chi connectivity index (χ2v) is 5.11. The average molecular weight is 239 g/mol. The van der Waals surface area contributed by atoms with Gasteiger partial charge in [-0.3, -0.25) is 15.0 Å². The number of carbonyl (C=O) groups excluding carboxylic acids is 1. The lowest BCUT2D eigenvalue weighted by Crippen LogP contribution is -2.53.